The van der Waals surface area contributed by atoms with Crippen LogP contribution in [0.3, 0.4) is 0 Å². The Morgan fingerprint density at radius 3 is 2.81 bits per heavy atom. The Bertz CT molecular complexity index is 894. The van der Waals surface area contributed by atoms with Gasteiger partial charge < -0.3 is 15.7 Å². The van der Waals surface area contributed by atoms with E-state index in [1.165, 1.54) is 0 Å². The maximum atomic E-state index is 10.4. The van der Waals surface area contributed by atoms with Crippen molar-refractivity contribution in [2.75, 3.05) is 13.1 Å². The number of benzene rings is 1. The smallest absolute Gasteiger partial charge is 0.191 e. The summed E-state index contributed by atoms with van der Waals surface area (Å²) in [6, 6.07) is 13.0. The fraction of sp³-hybridized carbons (Fsp3) is 0.278. The summed E-state index contributed by atoms with van der Waals surface area (Å²) >= 11 is 6.13. The maximum absolute atomic E-state index is 10.4. The molecule has 0 saturated carbocycles. The molecule has 0 aliphatic rings. The van der Waals surface area contributed by atoms with Crippen molar-refractivity contribution in [3.63, 3.8) is 0 Å². The van der Waals surface area contributed by atoms with Crippen molar-refractivity contribution in [1.29, 1.82) is 0 Å². The van der Waals surface area contributed by atoms with Crippen molar-refractivity contribution in [2.45, 2.75) is 19.6 Å². The summed E-state index contributed by atoms with van der Waals surface area (Å²) in [5, 5.41) is 25.5. The molecule has 3 rings (SSSR count). The molecule has 1 aromatic carbocycles. The van der Waals surface area contributed by atoms with Crippen molar-refractivity contribution in [1.82, 2.24) is 25.2 Å². The normalized spacial score (nSPS) is 13.0. The lowest BCUT2D eigenvalue weighted by Crippen LogP contribution is -2.39. The van der Waals surface area contributed by atoms with Gasteiger partial charge in [0.15, 0.2) is 17.4 Å². The Labute approximate surface area is 156 Å². The fourth-order valence-electron chi connectivity index (χ4n) is 2.54. The Morgan fingerprint density at radius 1 is 1.19 bits per heavy atom. The number of nitrogens with one attached hydrogen (secondary N) is 2. The summed E-state index contributed by atoms with van der Waals surface area (Å²) in [5.41, 5.74) is 1.46. The quantitative estimate of drug-likeness (QED) is 0.456. The molecule has 0 fully saturated rings. The minimum atomic E-state index is -0.735. The van der Waals surface area contributed by atoms with E-state index in [2.05, 4.69) is 25.8 Å². The molecule has 0 spiro atoms. The van der Waals surface area contributed by atoms with Crippen LogP contribution in [0.15, 0.2) is 53.7 Å². The van der Waals surface area contributed by atoms with Gasteiger partial charge in [-0.15, -0.1) is 10.2 Å². The Morgan fingerprint density at radius 2 is 2.00 bits per heavy atom. The first kappa shape index (κ1) is 18.2. The highest BCUT2D eigenvalue weighted by Crippen LogP contribution is 2.21. The van der Waals surface area contributed by atoms with Gasteiger partial charge in [0, 0.05) is 29.9 Å². The topological polar surface area (TPSA) is 86.8 Å². The Hall–Kier alpha value is -2.64. The van der Waals surface area contributed by atoms with Crippen LogP contribution in [0.25, 0.3) is 5.65 Å². The number of aliphatic hydroxyl groups is 1. The van der Waals surface area contributed by atoms with Crippen LogP contribution in [0.4, 0.5) is 0 Å². The number of pyridine rings is 1. The fourth-order valence-corrected chi connectivity index (χ4v) is 2.80. The number of aromatic nitrogens is 3. The first-order chi connectivity index (χ1) is 12.7. The molecule has 26 heavy (non-hydrogen) atoms. The summed E-state index contributed by atoms with van der Waals surface area (Å²) < 4.78 is 1.89. The number of fused-ring (bicyclic) bond motifs is 1. The highest BCUT2D eigenvalue weighted by Gasteiger charge is 2.12. The van der Waals surface area contributed by atoms with E-state index in [4.69, 9.17) is 11.6 Å². The third kappa shape index (κ3) is 4.30. The van der Waals surface area contributed by atoms with Crippen LogP contribution in [-0.2, 0) is 6.54 Å². The predicted molar refractivity (Wildman–Crippen MR) is 102 cm³/mol. The van der Waals surface area contributed by atoms with E-state index in [1.807, 2.05) is 47.9 Å². The molecule has 0 bridgehead atoms. The molecule has 0 amide bonds. The molecule has 3 aromatic rings. The Balaban J connectivity index is 1.66. The predicted octanol–water partition coefficient (Wildman–Crippen LogP) is 2.17. The van der Waals surface area contributed by atoms with E-state index in [0.717, 1.165) is 11.5 Å². The van der Waals surface area contributed by atoms with Crippen LogP contribution in [0.2, 0.25) is 5.02 Å². The van der Waals surface area contributed by atoms with Crippen molar-refractivity contribution in [3.8, 4) is 0 Å². The SMILES string of the molecule is CCNC(=NCc1nnc2ccccn12)NCC(O)c1ccccc1Cl. The van der Waals surface area contributed by atoms with Gasteiger partial charge in [0.05, 0.1) is 6.10 Å². The molecule has 2 aromatic heterocycles. The number of hydrogen-bond acceptors (Lipinski definition) is 4. The Kier molecular flexibility index (Phi) is 6.04. The molecule has 0 saturated heterocycles. The summed E-state index contributed by atoms with van der Waals surface area (Å²) in [5.74, 6) is 1.33. The third-order valence-corrected chi connectivity index (χ3v) is 4.18. The van der Waals surface area contributed by atoms with Gasteiger partial charge in [0.1, 0.15) is 6.54 Å². The second-order valence-corrected chi connectivity index (χ2v) is 6.07. The zero-order valence-corrected chi connectivity index (χ0v) is 15.2. The molecule has 0 aliphatic carbocycles. The van der Waals surface area contributed by atoms with Crippen LogP contribution >= 0.6 is 11.6 Å². The third-order valence-electron chi connectivity index (χ3n) is 3.83. The second kappa shape index (κ2) is 8.64. The van der Waals surface area contributed by atoms with Gasteiger partial charge in [0.25, 0.3) is 0 Å². The van der Waals surface area contributed by atoms with Gasteiger partial charge >= 0.3 is 0 Å². The summed E-state index contributed by atoms with van der Waals surface area (Å²) in [4.78, 5) is 4.52. The average Bonchev–Trinajstić information content (AvgIpc) is 3.07. The van der Waals surface area contributed by atoms with Gasteiger partial charge in [-0.1, -0.05) is 35.9 Å². The van der Waals surface area contributed by atoms with E-state index >= 15 is 0 Å². The van der Waals surface area contributed by atoms with Crippen molar-refractivity contribution >= 4 is 23.2 Å². The number of guanidine groups is 1. The minimum absolute atomic E-state index is 0.288. The molecule has 1 atom stereocenters. The number of aliphatic imine (C=N–C) groups is 1. The lowest BCUT2D eigenvalue weighted by atomic mass is 10.1. The van der Waals surface area contributed by atoms with E-state index < -0.39 is 6.10 Å². The zero-order chi connectivity index (χ0) is 18.4. The number of nitrogens with zero attached hydrogens (tertiary/aromatic N) is 4. The molecule has 2 heterocycles. The highest BCUT2D eigenvalue weighted by molar-refractivity contribution is 6.31. The van der Waals surface area contributed by atoms with E-state index in [1.54, 1.807) is 12.1 Å². The number of halogens is 1. The standard InChI is InChI=1S/C18H21ClN6O/c1-2-20-18(21-11-15(26)13-7-3-4-8-14(13)19)22-12-17-24-23-16-9-5-6-10-25(16)17/h3-10,15,26H,2,11-12H2,1H3,(H2,20,21,22). The van der Waals surface area contributed by atoms with E-state index in [0.29, 0.717) is 29.6 Å². The minimum Gasteiger partial charge on any atom is -0.387 e. The van der Waals surface area contributed by atoms with E-state index in [-0.39, 0.29) is 6.54 Å². The molecule has 3 N–H and O–H groups in total. The van der Waals surface area contributed by atoms with Crippen LogP contribution in [0, 0.1) is 0 Å². The van der Waals surface area contributed by atoms with Gasteiger partial charge in [0.2, 0.25) is 0 Å². The van der Waals surface area contributed by atoms with Crippen LogP contribution in [-0.4, -0.2) is 38.8 Å². The molecule has 8 heteroatoms. The van der Waals surface area contributed by atoms with Gasteiger partial charge in [-0.2, -0.15) is 0 Å². The average molecular weight is 373 g/mol. The van der Waals surface area contributed by atoms with Crippen molar-refractivity contribution < 1.29 is 5.11 Å². The van der Waals surface area contributed by atoms with Crippen LogP contribution in [0.5, 0.6) is 0 Å². The molecule has 0 radical (unpaired) electrons. The molecule has 1 unspecified atom stereocenters. The molecular weight excluding hydrogens is 352 g/mol. The van der Waals surface area contributed by atoms with Crippen LogP contribution < -0.4 is 10.6 Å². The van der Waals surface area contributed by atoms with E-state index in [9.17, 15) is 5.11 Å². The summed E-state index contributed by atoms with van der Waals surface area (Å²) in [6.07, 6.45) is 1.17. The lowest BCUT2D eigenvalue weighted by molar-refractivity contribution is 0.181. The number of rotatable bonds is 6. The second-order valence-electron chi connectivity index (χ2n) is 5.66. The van der Waals surface area contributed by atoms with Gasteiger partial charge in [-0.05, 0) is 25.1 Å². The first-order valence-electron chi connectivity index (χ1n) is 8.42. The molecule has 0 aliphatic heterocycles. The zero-order valence-electron chi connectivity index (χ0n) is 14.4. The largest absolute Gasteiger partial charge is 0.387 e. The molecular formula is C18H21ClN6O. The maximum Gasteiger partial charge on any atom is 0.191 e. The molecule has 7 nitrogen and oxygen atoms in total. The lowest BCUT2D eigenvalue weighted by Gasteiger charge is -2.16. The summed E-state index contributed by atoms with van der Waals surface area (Å²) in [7, 11) is 0. The van der Waals surface area contributed by atoms with Gasteiger partial charge in [-0.25, -0.2) is 4.99 Å². The number of hydrogen-bond donors (Lipinski definition) is 3. The van der Waals surface area contributed by atoms with Crippen LogP contribution in [0.1, 0.15) is 24.4 Å². The monoisotopic (exact) mass is 372 g/mol. The van der Waals surface area contributed by atoms with Crippen molar-refractivity contribution in [3.05, 3.63) is 65.1 Å². The first-order valence-corrected chi connectivity index (χ1v) is 8.80. The number of aliphatic hydroxyl groups excluding tert-OH is 1. The highest BCUT2D eigenvalue weighted by atomic mass is 35.5. The van der Waals surface area contributed by atoms with Crippen molar-refractivity contribution in [2.24, 2.45) is 4.99 Å². The summed E-state index contributed by atoms with van der Waals surface area (Å²) in [6.45, 7) is 3.33. The van der Waals surface area contributed by atoms with Gasteiger partial charge in [-0.3, -0.25) is 4.40 Å². The molecule has 136 valence electrons.